The largest absolute Gasteiger partial charge is 0.361 e. The predicted molar refractivity (Wildman–Crippen MR) is 53.2 cm³/mol. The molecule has 3 atom stereocenters. The van der Waals surface area contributed by atoms with Crippen LogP contribution in [0.25, 0.3) is 0 Å². The molecule has 14 heavy (non-hydrogen) atoms. The number of fused-ring (bicyclic) bond motifs is 2. The van der Waals surface area contributed by atoms with E-state index < -0.39 is 0 Å². The minimum atomic E-state index is 0.565. The zero-order valence-electron chi connectivity index (χ0n) is 8.49. The molecular formula is C11H16N2O. The van der Waals surface area contributed by atoms with Gasteiger partial charge in [-0.1, -0.05) is 5.16 Å². The monoisotopic (exact) mass is 192 g/mol. The fraction of sp³-hybridized carbons (Fsp3) is 0.727. The first-order valence-electron chi connectivity index (χ1n) is 5.52. The van der Waals surface area contributed by atoms with Crippen LogP contribution in [0.1, 0.15) is 43.1 Å². The second-order valence-electron chi connectivity index (χ2n) is 4.60. The minimum absolute atomic E-state index is 0.565. The van der Waals surface area contributed by atoms with E-state index in [-0.39, 0.29) is 0 Å². The molecule has 0 radical (unpaired) electrons. The Bertz CT molecular complexity index is 334. The Kier molecular flexibility index (Phi) is 1.87. The van der Waals surface area contributed by atoms with Crippen LogP contribution in [-0.4, -0.2) is 17.2 Å². The molecule has 76 valence electrons. The maximum atomic E-state index is 5.36. The van der Waals surface area contributed by atoms with Crippen molar-refractivity contribution in [1.29, 1.82) is 0 Å². The van der Waals surface area contributed by atoms with E-state index in [4.69, 9.17) is 4.52 Å². The van der Waals surface area contributed by atoms with Crippen molar-refractivity contribution < 1.29 is 4.52 Å². The second kappa shape index (κ2) is 3.09. The molecule has 3 heterocycles. The lowest BCUT2D eigenvalue weighted by Crippen LogP contribution is -2.38. The fourth-order valence-electron chi connectivity index (χ4n) is 2.88. The minimum Gasteiger partial charge on any atom is -0.361 e. The van der Waals surface area contributed by atoms with E-state index in [9.17, 15) is 0 Å². The van der Waals surface area contributed by atoms with Crippen LogP contribution in [0.2, 0.25) is 0 Å². The molecule has 2 aliphatic rings. The van der Waals surface area contributed by atoms with Crippen molar-refractivity contribution >= 4 is 0 Å². The van der Waals surface area contributed by atoms with Crippen LogP contribution < -0.4 is 5.32 Å². The van der Waals surface area contributed by atoms with Crippen molar-refractivity contribution in [3.63, 3.8) is 0 Å². The van der Waals surface area contributed by atoms with Crippen molar-refractivity contribution in [3.05, 3.63) is 17.5 Å². The Labute approximate surface area is 83.9 Å². The van der Waals surface area contributed by atoms with Crippen molar-refractivity contribution in [2.24, 2.45) is 0 Å². The SMILES string of the molecule is Cc1cc([C@@H]2CCC3CCC2N3)on1. The Morgan fingerprint density at radius 2 is 2.21 bits per heavy atom. The van der Waals surface area contributed by atoms with E-state index in [0.717, 1.165) is 17.5 Å². The predicted octanol–water partition coefficient (Wildman–Crippen LogP) is 1.98. The Balaban J connectivity index is 1.84. The smallest absolute Gasteiger partial charge is 0.141 e. The molecule has 1 aromatic rings. The molecule has 3 nitrogen and oxygen atoms in total. The summed E-state index contributed by atoms with van der Waals surface area (Å²) in [5.74, 6) is 1.65. The second-order valence-corrected chi connectivity index (χ2v) is 4.60. The zero-order valence-corrected chi connectivity index (χ0v) is 8.49. The van der Waals surface area contributed by atoms with Gasteiger partial charge >= 0.3 is 0 Å². The van der Waals surface area contributed by atoms with Gasteiger partial charge in [-0.05, 0) is 32.6 Å². The van der Waals surface area contributed by atoms with E-state index in [0.29, 0.717) is 12.0 Å². The molecule has 0 aromatic carbocycles. The fourth-order valence-corrected chi connectivity index (χ4v) is 2.88. The summed E-state index contributed by atoms with van der Waals surface area (Å²) in [4.78, 5) is 0. The Morgan fingerprint density at radius 3 is 3.00 bits per heavy atom. The number of hydrogen-bond donors (Lipinski definition) is 1. The molecule has 0 aliphatic carbocycles. The van der Waals surface area contributed by atoms with Crippen LogP contribution in [0.3, 0.4) is 0 Å². The van der Waals surface area contributed by atoms with E-state index in [1.54, 1.807) is 0 Å². The number of nitrogens with one attached hydrogen (secondary N) is 1. The van der Waals surface area contributed by atoms with Gasteiger partial charge in [0.2, 0.25) is 0 Å². The normalized spacial score (nSPS) is 36.2. The first-order valence-corrected chi connectivity index (χ1v) is 5.52. The van der Waals surface area contributed by atoms with Gasteiger partial charge in [0.05, 0.1) is 5.69 Å². The molecular weight excluding hydrogens is 176 g/mol. The molecule has 2 fully saturated rings. The summed E-state index contributed by atoms with van der Waals surface area (Å²) < 4.78 is 5.36. The lowest BCUT2D eigenvalue weighted by molar-refractivity contribution is 0.286. The lowest BCUT2D eigenvalue weighted by atomic mass is 9.90. The van der Waals surface area contributed by atoms with E-state index >= 15 is 0 Å². The number of rotatable bonds is 1. The molecule has 1 N–H and O–H groups in total. The average Bonchev–Trinajstić information content (AvgIpc) is 2.75. The third kappa shape index (κ3) is 1.27. The Morgan fingerprint density at radius 1 is 1.36 bits per heavy atom. The number of hydrogen-bond acceptors (Lipinski definition) is 3. The van der Waals surface area contributed by atoms with Gasteiger partial charge in [0.25, 0.3) is 0 Å². The van der Waals surface area contributed by atoms with Gasteiger partial charge in [-0.25, -0.2) is 0 Å². The van der Waals surface area contributed by atoms with Crippen molar-refractivity contribution in [1.82, 2.24) is 10.5 Å². The van der Waals surface area contributed by atoms with Crippen LogP contribution in [0.15, 0.2) is 10.6 Å². The zero-order chi connectivity index (χ0) is 9.54. The van der Waals surface area contributed by atoms with Crippen LogP contribution >= 0.6 is 0 Å². The Hall–Kier alpha value is -0.830. The van der Waals surface area contributed by atoms with Crippen LogP contribution in [0.4, 0.5) is 0 Å². The summed E-state index contributed by atoms with van der Waals surface area (Å²) in [6.45, 7) is 1.99. The summed E-state index contributed by atoms with van der Waals surface area (Å²) in [6.07, 6.45) is 5.20. The third-order valence-corrected chi connectivity index (χ3v) is 3.60. The molecule has 2 unspecified atom stereocenters. The van der Waals surface area contributed by atoms with E-state index in [2.05, 4.69) is 16.5 Å². The molecule has 0 saturated carbocycles. The summed E-state index contributed by atoms with van der Waals surface area (Å²) >= 11 is 0. The van der Waals surface area contributed by atoms with Crippen molar-refractivity contribution in [3.8, 4) is 0 Å². The summed E-state index contributed by atoms with van der Waals surface area (Å²) in [5, 5.41) is 7.63. The summed E-state index contributed by atoms with van der Waals surface area (Å²) in [5.41, 5.74) is 1.00. The van der Waals surface area contributed by atoms with Gasteiger partial charge in [0, 0.05) is 24.1 Å². The van der Waals surface area contributed by atoms with E-state index in [1.165, 1.54) is 25.7 Å². The first kappa shape index (κ1) is 8.48. The van der Waals surface area contributed by atoms with Gasteiger partial charge in [0.15, 0.2) is 0 Å². The highest BCUT2D eigenvalue weighted by Gasteiger charge is 2.37. The molecule has 3 rings (SSSR count). The quantitative estimate of drug-likeness (QED) is 0.739. The molecule has 3 heteroatoms. The molecule has 2 saturated heterocycles. The van der Waals surface area contributed by atoms with Crippen LogP contribution in [-0.2, 0) is 0 Å². The standard InChI is InChI=1S/C11H16N2O/c1-7-6-11(14-13-7)9-4-2-8-3-5-10(9)12-8/h6,8-10,12H,2-5H2,1H3/t8?,9-,10?/m1/s1. The third-order valence-electron chi connectivity index (χ3n) is 3.60. The van der Waals surface area contributed by atoms with Gasteiger partial charge < -0.3 is 9.84 Å². The number of nitrogens with zero attached hydrogens (tertiary/aromatic N) is 1. The average molecular weight is 192 g/mol. The molecule has 2 bridgehead atoms. The maximum absolute atomic E-state index is 5.36. The highest BCUT2D eigenvalue weighted by molar-refractivity contribution is 5.14. The van der Waals surface area contributed by atoms with Gasteiger partial charge in [-0.2, -0.15) is 0 Å². The van der Waals surface area contributed by atoms with Gasteiger partial charge in [-0.3, -0.25) is 0 Å². The van der Waals surface area contributed by atoms with Crippen molar-refractivity contribution in [2.45, 2.75) is 50.6 Å². The lowest BCUT2D eigenvalue weighted by Gasteiger charge is -2.28. The molecule has 2 aliphatic heterocycles. The highest BCUT2D eigenvalue weighted by atomic mass is 16.5. The topological polar surface area (TPSA) is 38.1 Å². The molecule has 0 amide bonds. The highest BCUT2D eigenvalue weighted by Crippen LogP contribution is 2.37. The summed E-state index contributed by atoms with van der Waals surface area (Å²) in [7, 11) is 0. The van der Waals surface area contributed by atoms with E-state index in [1.807, 2.05) is 6.92 Å². The molecule has 1 aromatic heterocycles. The van der Waals surface area contributed by atoms with Crippen LogP contribution in [0.5, 0.6) is 0 Å². The number of aromatic nitrogens is 1. The first-order chi connectivity index (χ1) is 6.83. The van der Waals surface area contributed by atoms with Crippen molar-refractivity contribution in [2.75, 3.05) is 0 Å². The number of piperidine rings is 1. The maximum Gasteiger partial charge on any atom is 0.141 e. The van der Waals surface area contributed by atoms with Crippen LogP contribution in [0, 0.1) is 6.92 Å². The summed E-state index contributed by atoms with van der Waals surface area (Å²) in [6, 6.07) is 3.51. The van der Waals surface area contributed by atoms with Gasteiger partial charge in [0.1, 0.15) is 5.76 Å². The number of aryl methyl sites for hydroxylation is 1. The van der Waals surface area contributed by atoms with Gasteiger partial charge in [-0.15, -0.1) is 0 Å². The molecule has 0 spiro atoms.